The van der Waals surface area contributed by atoms with E-state index in [0.29, 0.717) is 27.7 Å². The van der Waals surface area contributed by atoms with Crippen LogP contribution in [-0.2, 0) is 11.3 Å². The first-order valence-corrected chi connectivity index (χ1v) is 12.7. The molecular weight excluding hydrogens is 526 g/mol. The van der Waals surface area contributed by atoms with Gasteiger partial charge in [0.15, 0.2) is 0 Å². The lowest BCUT2D eigenvalue weighted by molar-refractivity contribution is -0.116. The Morgan fingerprint density at radius 3 is 2.54 bits per heavy atom. The maximum Gasteiger partial charge on any atom is 0.253 e. The van der Waals surface area contributed by atoms with Gasteiger partial charge in [-0.15, -0.1) is 0 Å². The van der Waals surface area contributed by atoms with Crippen LogP contribution >= 0.6 is 11.6 Å². The van der Waals surface area contributed by atoms with Crippen LogP contribution in [0.5, 0.6) is 0 Å². The number of hydrogen-bond acceptors (Lipinski definition) is 5. The number of nitrogens with zero attached hydrogens (tertiary/aromatic N) is 2. The number of alkyl halides is 2. The summed E-state index contributed by atoms with van der Waals surface area (Å²) in [6.07, 6.45) is 3.95. The summed E-state index contributed by atoms with van der Waals surface area (Å²) in [5.74, 6) is -2.35. The molecule has 7 nitrogen and oxygen atoms in total. The number of hydrogen-bond donors (Lipinski definition) is 2. The second-order valence-corrected chi connectivity index (χ2v) is 9.81. The normalized spacial score (nSPS) is 15.1. The van der Waals surface area contributed by atoms with Gasteiger partial charge in [-0.1, -0.05) is 23.7 Å². The highest BCUT2D eigenvalue weighted by atomic mass is 35.5. The van der Waals surface area contributed by atoms with Crippen molar-refractivity contribution >= 4 is 46.3 Å². The SMILES string of the molecule is Nc1ccc(/C=C/C(=O)NCc2cc3cc(Cl)cc(-c4ccc(C(=O)N5CCC(F)(F)CC5)cc4)c3o2)cn1. The number of halogens is 3. The summed E-state index contributed by atoms with van der Waals surface area (Å²) in [5.41, 5.74) is 8.82. The number of amides is 2. The zero-order valence-corrected chi connectivity index (χ0v) is 21.6. The first-order valence-electron chi connectivity index (χ1n) is 12.3. The number of pyridine rings is 1. The number of carbonyl (C=O) groups excluding carboxylic acids is 2. The van der Waals surface area contributed by atoms with E-state index in [2.05, 4.69) is 10.3 Å². The molecule has 0 bridgehead atoms. The van der Waals surface area contributed by atoms with Gasteiger partial charge in [-0.3, -0.25) is 9.59 Å². The summed E-state index contributed by atoms with van der Waals surface area (Å²) >= 11 is 6.37. The third-order valence-electron chi connectivity index (χ3n) is 6.53. The van der Waals surface area contributed by atoms with E-state index in [1.54, 1.807) is 60.8 Å². The van der Waals surface area contributed by atoms with Gasteiger partial charge < -0.3 is 20.4 Å². The molecule has 2 aromatic carbocycles. The Hall–Kier alpha value is -4.24. The van der Waals surface area contributed by atoms with Gasteiger partial charge in [0.25, 0.3) is 11.8 Å². The maximum atomic E-state index is 13.5. The first-order chi connectivity index (χ1) is 18.7. The molecule has 1 aliphatic heterocycles. The summed E-state index contributed by atoms with van der Waals surface area (Å²) in [7, 11) is 0. The average Bonchev–Trinajstić information content (AvgIpc) is 3.33. The van der Waals surface area contributed by atoms with Crippen molar-refractivity contribution < 1.29 is 22.8 Å². The van der Waals surface area contributed by atoms with Crippen molar-refractivity contribution in [1.29, 1.82) is 0 Å². The number of aromatic nitrogens is 1. The van der Waals surface area contributed by atoms with Gasteiger partial charge in [0, 0.05) is 59.7 Å². The molecule has 0 aliphatic carbocycles. The third kappa shape index (κ3) is 6.26. The summed E-state index contributed by atoms with van der Waals surface area (Å²) in [6.45, 7) is 0.225. The predicted molar refractivity (Wildman–Crippen MR) is 146 cm³/mol. The van der Waals surface area contributed by atoms with Crippen LogP contribution in [0.25, 0.3) is 28.2 Å². The van der Waals surface area contributed by atoms with Crippen LogP contribution in [0.3, 0.4) is 0 Å². The molecule has 1 saturated heterocycles. The Morgan fingerprint density at radius 2 is 1.85 bits per heavy atom. The number of furan rings is 1. The molecule has 1 fully saturated rings. The molecule has 1 aliphatic rings. The Labute approximate surface area is 228 Å². The van der Waals surface area contributed by atoms with E-state index in [-0.39, 0.29) is 44.3 Å². The standard InChI is InChI=1S/C29H25ClF2N4O3/c30-22-13-21-14-23(17-35-26(37)8-2-18-1-7-25(33)34-16-18)39-27(21)24(15-22)19-3-5-20(6-4-19)28(38)36-11-9-29(31,32)10-12-36/h1-8,13-16H,9-12,17H2,(H2,33,34)(H,35,37)/b8-2+. The molecule has 2 aromatic heterocycles. The van der Waals surface area contributed by atoms with E-state index in [4.69, 9.17) is 21.8 Å². The number of anilines is 1. The molecule has 2 amide bonds. The minimum absolute atomic E-state index is 0.0303. The largest absolute Gasteiger partial charge is 0.459 e. The molecule has 4 aromatic rings. The fourth-order valence-corrected chi connectivity index (χ4v) is 4.63. The van der Waals surface area contributed by atoms with Crippen molar-refractivity contribution in [1.82, 2.24) is 15.2 Å². The van der Waals surface area contributed by atoms with Crippen LogP contribution in [0.15, 0.2) is 71.3 Å². The number of likely N-dealkylation sites (tertiary alicyclic amines) is 1. The fraction of sp³-hybridized carbons (Fsp3) is 0.207. The quantitative estimate of drug-likeness (QED) is 0.290. The number of benzene rings is 2. The van der Waals surface area contributed by atoms with Crippen LogP contribution in [0.1, 0.15) is 34.5 Å². The van der Waals surface area contributed by atoms with Crippen molar-refractivity contribution in [2.45, 2.75) is 25.3 Å². The van der Waals surface area contributed by atoms with Gasteiger partial charge in [0.05, 0.1) is 6.54 Å². The van der Waals surface area contributed by atoms with Crippen molar-refractivity contribution in [2.75, 3.05) is 18.8 Å². The fourth-order valence-electron chi connectivity index (χ4n) is 4.40. The van der Waals surface area contributed by atoms with E-state index in [9.17, 15) is 18.4 Å². The molecule has 0 atom stereocenters. The Balaban J connectivity index is 1.29. The number of nitrogens with one attached hydrogen (secondary N) is 1. The highest BCUT2D eigenvalue weighted by Gasteiger charge is 2.35. The minimum Gasteiger partial charge on any atom is -0.459 e. The van der Waals surface area contributed by atoms with Crippen molar-refractivity contribution in [3.8, 4) is 11.1 Å². The molecule has 3 heterocycles. The van der Waals surface area contributed by atoms with E-state index < -0.39 is 5.92 Å². The summed E-state index contributed by atoms with van der Waals surface area (Å²) in [4.78, 5) is 30.5. The topological polar surface area (TPSA) is 101 Å². The lowest BCUT2D eigenvalue weighted by Crippen LogP contribution is -2.42. The van der Waals surface area contributed by atoms with Gasteiger partial charge in [0.2, 0.25) is 5.91 Å². The molecule has 0 spiro atoms. The second-order valence-electron chi connectivity index (χ2n) is 9.38. The van der Waals surface area contributed by atoms with Crippen LogP contribution in [-0.4, -0.2) is 40.7 Å². The molecule has 0 unspecified atom stereocenters. The monoisotopic (exact) mass is 550 g/mol. The number of nitrogen functional groups attached to an aromatic ring is 1. The van der Waals surface area contributed by atoms with E-state index in [1.165, 1.54) is 11.0 Å². The molecule has 39 heavy (non-hydrogen) atoms. The third-order valence-corrected chi connectivity index (χ3v) is 6.75. The van der Waals surface area contributed by atoms with Gasteiger partial charge in [-0.05, 0) is 59.7 Å². The van der Waals surface area contributed by atoms with Crippen molar-refractivity contribution in [2.24, 2.45) is 0 Å². The minimum atomic E-state index is -2.71. The zero-order chi connectivity index (χ0) is 27.6. The van der Waals surface area contributed by atoms with Crippen molar-refractivity contribution in [3.63, 3.8) is 0 Å². The zero-order valence-electron chi connectivity index (χ0n) is 20.8. The van der Waals surface area contributed by atoms with Crippen molar-refractivity contribution in [3.05, 3.63) is 88.8 Å². The maximum absolute atomic E-state index is 13.5. The molecular formula is C29H25ClF2N4O3. The van der Waals surface area contributed by atoms with Gasteiger partial charge in [0.1, 0.15) is 17.2 Å². The van der Waals surface area contributed by atoms with E-state index >= 15 is 0 Å². The summed E-state index contributed by atoms with van der Waals surface area (Å²) in [6, 6.07) is 15.6. The Morgan fingerprint density at radius 1 is 1.10 bits per heavy atom. The van der Waals surface area contributed by atoms with Gasteiger partial charge in [-0.2, -0.15) is 0 Å². The number of nitrogens with two attached hydrogens (primary N) is 1. The van der Waals surface area contributed by atoms with Crippen LogP contribution in [0, 0.1) is 0 Å². The molecule has 3 N–H and O–H groups in total. The Bertz CT molecular complexity index is 1540. The number of rotatable bonds is 6. The number of piperidine rings is 1. The number of carbonyl (C=O) groups is 2. The molecule has 0 saturated carbocycles. The van der Waals surface area contributed by atoms with E-state index in [1.807, 2.05) is 6.07 Å². The average molecular weight is 551 g/mol. The van der Waals surface area contributed by atoms with E-state index in [0.717, 1.165) is 22.1 Å². The number of fused-ring (bicyclic) bond motifs is 1. The summed E-state index contributed by atoms with van der Waals surface area (Å²) in [5, 5.41) is 4.05. The Kier molecular flexibility index (Phi) is 7.34. The first kappa shape index (κ1) is 26.4. The van der Waals surface area contributed by atoms with Crippen LogP contribution < -0.4 is 11.1 Å². The van der Waals surface area contributed by atoms with Crippen LogP contribution in [0.2, 0.25) is 5.02 Å². The molecule has 5 rings (SSSR count). The molecule has 10 heteroatoms. The lowest BCUT2D eigenvalue weighted by Gasteiger charge is -2.31. The highest BCUT2D eigenvalue weighted by molar-refractivity contribution is 6.31. The predicted octanol–water partition coefficient (Wildman–Crippen LogP) is 5.93. The molecule has 200 valence electrons. The molecule has 0 radical (unpaired) electrons. The second kappa shape index (κ2) is 10.9. The lowest BCUT2D eigenvalue weighted by atomic mass is 10.0. The summed E-state index contributed by atoms with van der Waals surface area (Å²) < 4.78 is 33.0. The van der Waals surface area contributed by atoms with Gasteiger partial charge >= 0.3 is 0 Å². The van der Waals surface area contributed by atoms with Gasteiger partial charge in [-0.25, -0.2) is 13.8 Å². The smallest absolute Gasteiger partial charge is 0.253 e. The highest BCUT2D eigenvalue weighted by Crippen LogP contribution is 2.35. The van der Waals surface area contributed by atoms with Crippen LogP contribution in [0.4, 0.5) is 14.6 Å².